The summed E-state index contributed by atoms with van der Waals surface area (Å²) in [7, 11) is -36.5. The Morgan fingerprint density at radius 2 is 0.320 bits per heavy atom. The maximum atomic E-state index is 10.7. The second-order valence-electron chi connectivity index (χ2n) is 27.9. The van der Waals surface area contributed by atoms with E-state index < -0.39 is 93.8 Å². The third-order valence-electron chi connectivity index (χ3n) is 16.9. The number of aromatic nitrogens is 8. The Hall–Kier alpha value is -8.61. The van der Waals surface area contributed by atoms with Crippen LogP contribution in [0.3, 0.4) is 0 Å². The van der Waals surface area contributed by atoms with Gasteiger partial charge < -0.3 is 32.1 Å². The van der Waals surface area contributed by atoms with Crippen LogP contribution in [0.2, 0.25) is 0 Å². The number of halogens is 18. The molecule has 2 aliphatic heterocycles. The molecule has 2 fully saturated rings. The van der Waals surface area contributed by atoms with Crippen molar-refractivity contribution in [2.24, 2.45) is 0 Å². The van der Waals surface area contributed by atoms with Crippen molar-refractivity contribution in [1.82, 2.24) is 79.1 Å². The molecule has 10 heterocycles. The van der Waals surface area contributed by atoms with Crippen molar-refractivity contribution in [3.8, 4) is 24.3 Å². The van der Waals surface area contributed by atoms with E-state index in [0.717, 1.165) is 216 Å². The minimum atomic E-state index is -6.09. The van der Waals surface area contributed by atoms with Crippen LogP contribution in [0.5, 0.6) is 0 Å². The molecule has 0 spiro atoms. The van der Waals surface area contributed by atoms with Crippen LogP contribution in [0.25, 0.3) is 0 Å². The van der Waals surface area contributed by atoms with E-state index in [2.05, 4.69) is 176 Å². The molecule has 147 heavy (non-hydrogen) atoms. The fourth-order valence-corrected chi connectivity index (χ4v) is 10.4. The van der Waals surface area contributed by atoms with Crippen molar-refractivity contribution in [2.75, 3.05) is 118 Å². The minimum absolute atomic E-state index is 0. The molecule has 2 saturated heterocycles. The minimum Gasteiger partial charge on any atom is -0.741 e. The molecule has 0 radical (unpaired) electrons. The van der Waals surface area contributed by atoms with E-state index in [-0.39, 0.29) is 71.2 Å². The van der Waals surface area contributed by atoms with Gasteiger partial charge in [-0.3, -0.25) is 79.1 Å². The van der Waals surface area contributed by atoms with Crippen molar-refractivity contribution in [2.45, 2.75) is 127 Å². The summed E-state index contributed by atoms with van der Waals surface area (Å²) in [4.78, 5) is 57.4. The van der Waals surface area contributed by atoms with Gasteiger partial charge in [0.1, 0.15) is 0 Å². The molecule has 0 unspecified atom stereocenters. The molecule has 0 atom stereocenters. The second kappa shape index (κ2) is 76.8. The zero-order chi connectivity index (χ0) is 111. The summed E-state index contributed by atoms with van der Waals surface area (Å²) in [6.07, 6.45) is 15.1. The molecule has 0 saturated carbocycles. The molecule has 10 rings (SSSR count). The normalized spacial score (nSPS) is 14.4. The molecule has 0 aliphatic carbocycles. The number of ether oxygens (including phenoxy) is 1. The van der Waals surface area contributed by atoms with Crippen LogP contribution in [0.15, 0.2) is 195 Å². The van der Waals surface area contributed by atoms with Gasteiger partial charge in [-0.1, -0.05) is 48.5 Å². The number of nitrogens with zero attached hydrogens (tertiary/aromatic N) is 20. The maximum Gasteiger partial charge on any atom is 3.00 e. The molecule has 0 bridgehead atoms. The van der Waals surface area contributed by atoms with Gasteiger partial charge in [-0.05, 0) is 111 Å². The van der Waals surface area contributed by atoms with Gasteiger partial charge in [-0.15, -0.1) is 0 Å². The quantitative estimate of drug-likeness (QED) is 0.0437. The van der Waals surface area contributed by atoms with Gasteiger partial charge in [0, 0.05) is 248 Å². The van der Waals surface area contributed by atoms with Crippen LogP contribution in [0.1, 0.15) is 87.1 Å². The first-order valence-electron chi connectivity index (χ1n) is 41.1. The summed E-state index contributed by atoms with van der Waals surface area (Å²) in [5, 5.41) is 29.3. The van der Waals surface area contributed by atoms with Gasteiger partial charge in [0.15, 0.2) is 60.7 Å². The molecule has 8 aromatic rings. The topological polar surface area (TPSA) is 577 Å². The summed E-state index contributed by atoms with van der Waals surface area (Å²) >= 11 is 0. The standard InChI is InChI=1S/2C32H40N8.C4H10O.4C2H3N.6CHF3O3S.2La/c2*1-5-13-33-29(9-1)25-37-17-19-38(26-30-10-2-6-14-34-30)21-23-40(28-32-12-4-8-16-36-32)24-22-39(20-18-37)27-31-11-3-7-15-35-31;1-3-5-4-2;4*1-2-3;6*2-1(3,4)8(5,6)7;;/h2*1-16H,17-28H2;3-4H2,1-2H3;4*1H3;6*(H,5,6,7);;/q;;;;;;;;;;;;;2*+3/p-6. The number of alkyl halides is 18. The van der Waals surface area contributed by atoms with Gasteiger partial charge in [0.2, 0.25) is 0 Å². The van der Waals surface area contributed by atoms with E-state index in [1.807, 2.05) is 112 Å². The number of hydrogen-bond acceptors (Lipinski definition) is 39. The molecule has 65 heteroatoms. The van der Waals surface area contributed by atoms with Crippen molar-refractivity contribution in [3.63, 3.8) is 0 Å². The SMILES string of the molecule is CC#N.CC#N.CC#N.CC#N.CCOCC.O=S(=O)([O-])C(F)(F)F.O=S(=O)([O-])C(F)(F)F.O=S(=O)([O-])C(F)(F)F.O=S(=O)([O-])C(F)(F)F.O=S(=O)([O-])C(F)(F)F.O=S(=O)([O-])C(F)(F)F.[La+3].[La+3].c1ccc(CN2CCN(Cc3ccccn3)CCN(Cc3ccccn3)CCN(Cc3ccccn3)CC2)nc1.c1ccc(CN2CCN(Cc3ccccn3)CCN(Cc3ccccn3)CCN(Cc3ccccn3)CC2)nc1. The predicted octanol–water partition coefficient (Wildman–Crippen LogP) is 10.6. The summed E-state index contributed by atoms with van der Waals surface area (Å²) in [6, 6.07) is 56.5. The van der Waals surface area contributed by atoms with Crippen molar-refractivity contribution < 1.29 is 233 Å². The predicted molar refractivity (Wildman–Crippen MR) is 478 cm³/mol. The van der Waals surface area contributed by atoms with Crippen molar-refractivity contribution >= 4 is 60.7 Å². The van der Waals surface area contributed by atoms with Crippen molar-refractivity contribution in [3.05, 3.63) is 241 Å². The molecule has 2 aliphatic rings. The largest absolute Gasteiger partial charge is 3.00 e. The van der Waals surface area contributed by atoms with Gasteiger partial charge in [-0.2, -0.15) is 100 Å². The van der Waals surface area contributed by atoms with Crippen molar-refractivity contribution in [1.29, 1.82) is 21.0 Å². The van der Waals surface area contributed by atoms with E-state index in [4.69, 9.17) is 104 Å². The van der Waals surface area contributed by atoms with E-state index in [1.54, 1.807) is 24.3 Å². The molecule has 0 aromatic carbocycles. The zero-order valence-corrected chi connectivity index (χ0v) is 91.1. The Kier molecular flexibility index (Phi) is 76.7. The Morgan fingerprint density at radius 1 is 0.238 bits per heavy atom. The fourth-order valence-electron chi connectivity index (χ4n) is 10.4. The number of rotatable bonds is 18. The van der Waals surface area contributed by atoms with E-state index in [9.17, 15) is 79.0 Å². The average molecular weight is 2480 g/mol. The average Bonchev–Trinajstić information content (AvgIpc) is 0.877. The molecule has 0 N–H and O–H groups in total. The van der Waals surface area contributed by atoms with E-state index in [1.165, 1.54) is 27.7 Å². The monoisotopic (exact) mass is 2480 g/mol. The molecule has 0 amide bonds. The van der Waals surface area contributed by atoms with Crippen LogP contribution in [0, 0.1) is 117 Å². The van der Waals surface area contributed by atoms with Crippen LogP contribution >= 0.6 is 0 Å². The Labute approximate surface area is 896 Å². The first-order chi connectivity index (χ1) is 67.2. The molecule has 39 nitrogen and oxygen atoms in total. The number of hydrogen-bond donors (Lipinski definition) is 0. The van der Waals surface area contributed by atoms with Gasteiger partial charge in [0.25, 0.3) is 0 Å². The van der Waals surface area contributed by atoms with Gasteiger partial charge >= 0.3 is 104 Å². The summed E-state index contributed by atoms with van der Waals surface area (Å²) in [6.45, 7) is 33.8. The third-order valence-corrected chi connectivity index (χ3v) is 20.3. The van der Waals surface area contributed by atoms with Crippen LogP contribution in [-0.4, -0.2) is 308 Å². The van der Waals surface area contributed by atoms with Gasteiger partial charge in [-0.25, -0.2) is 50.5 Å². The first-order valence-corrected chi connectivity index (χ1v) is 49.5. The Balaban J connectivity index is -0.000000572. The fraction of sp³-hybridized carbons (Fsp3) is 0.463. The number of pyridine rings is 8. The van der Waals surface area contributed by atoms with Crippen LogP contribution < -0.4 is 0 Å². The summed E-state index contributed by atoms with van der Waals surface area (Å²) in [5.41, 5.74) is -25.0. The Bertz CT molecular complexity index is 4730. The smallest absolute Gasteiger partial charge is 0.741 e. The molecular weight excluding hydrogens is 2380 g/mol. The summed E-state index contributed by atoms with van der Waals surface area (Å²) < 4.78 is 358. The van der Waals surface area contributed by atoms with Gasteiger partial charge in [0.05, 0.1) is 69.8 Å². The third kappa shape index (κ3) is 74.9. The van der Waals surface area contributed by atoms with E-state index >= 15 is 0 Å². The molecule has 8 aromatic heterocycles. The number of nitriles is 4. The summed E-state index contributed by atoms with van der Waals surface area (Å²) in [5.74, 6) is 0. The second-order valence-corrected chi connectivity index (χ2v) is 36.1. The molecular formula is C82H102F18La2N20O19S6. The molecule has 812 valence electrons. The maximum absolute atomic E-state index is 10.7. The van der Waals surface area contributed by atoms with Crippen LogP contribution in [0.4, 0.5) is 79.0 Å². The first kappa shape index (κ1) is 147. The van der Waals surface area contributed by atoms with Crippen LogP contribution in [-0.2, 0) is 118 Å². The van der Waals surface area contributed by atoms with E-state index in [0.29, 0.717) is 0 Å². The Morgan fingerprint density at radius 3 is 0.367 bits per heavy atom. The zero-order valence-electron chi connectivity index (χ0n) is 79.0.